The van der Waals surface area contributed by atoms with E-state index >= 15 is 0 Å². The Morgan fingerprint density at radius 2 is 1.85 bits per heavy atom. The summed E-state index contributed by atoms with van der Waals surface area (Å²) in [5.74, 6) is -1.23. The Kier molecular flexibility index (Phi) is 7.28. The van der Waals surface area contributed by atoms with Crippen molar-refractivity contribution in [1.29, 1.82) is 0 Å². The van der Waals surface area contributed by atoms with E-state index in [4.69, 9.17) is 9.47 Å². The van der Waals surface area contributed by atoms with Crippen LogP contribution in [-0.4, -0.2) is 72.1 Å². The van der Waals surface area contributed by atoms with Crippen molar-refractivity contribution in [2.45, 2.75) is 26.0 Å². The van der Waals surface area contributed by atoms with Crippen LogP contribution in [0.15, 0.2) is 48.0 Å². The zero-order chi connectivity index (χ0) is 24.3. The SMILES string of the molecule is COc1ccc(C(O)=C2C(=O)C(=O)N(CCN(C)C)C2c2cccc(OC(C)C)c2)c(O)c1. The zero-order valence-electron chi connectivity index (χ0n) is 19.5. The predicted octanol–water partition coefficient (Wildman–Crippen LogP) is 3.17. The Morgan fingerprint density at radius 3 is 2.45 bits per heavy atom. The van der Waals surface area contributed by atoms with Crippen molar-refractivity contribution in [2.24, 2.45) is 0 Å². The summed E-state index contributed by atoms with van der Waals surface area (Å²) in [4.78, 5) is 29.4. The van der Waals surface area contributed by atoms with Crippen molar-refractivity contribution in [3.63, 3.8) is 0 Å². The van der Waals surface area contributed by atoms with E-state index in [1.807, 2.05) is 32.8 Å². The second-order valence-corrected chi connectivity index (χ2v) is 8.42. The molecule has 1 unspecified atom stereocenters. The Balaban J connectivity index is 2.17. The number of hydrogen-bond acceptors (Lipinski definition) is 7. The van der Waals surface area contributed by atoms with E-state index in [0.29, 0.717) is 23.6 Å². The molecule has 0 aromatic heterocycles. The number of rotatable bonds is 8. The fraction of sp³-hybridized carbons (Fsp3) is 0.360. The van der Waals surface area contributed by atoms with Gasteiger partial charge in [0.1, 0.15) is 23.0 Å². The number of hydrogen-bond donors (Lipinski definition) is 2. The first kappa shape index (κ1) is 24.1. The fourth-order valence-corrected chi connectivity index (χ4v) is 3.78. The van der Waals surface area contributed by atoms with Crippen LogP contribution in [0.4, 0.5) is 0 Å². The van der Waals surface area contributed by atoms with E-state index in [1.165, 1.54) is 24.1 Å². The first-order chi connectivity index (χ1) is 15.6. The van der Waals surface area contributed by atoms with Crippen LogP contribution in [0.3, 0.4) is 0 Å². The second-order valence-electron chi connectivity index (χ2n) is 8.42. The number of carbonyl (C=O) groups excluding carboxylic acids is 2. The van der Waals surface area contributed by atoms with Crippen LogP contribution < -0.4 is 9.47 Å². The van der Waals surface area contributed by atoms with Gasteiger partial charge in [-0.3, -0.25) is 9.59 Å². The number of ether oxygens (including phenoxy) is 2. The molecule has 1 aliphatic heterocycles. The van der Waals surface area contributed by atoms with Crippen LogP contribution in [0.25, 0.3) is 5.76 Å². The van der Waals surface area contributed by atoms with Crippen molar-refractivity contribution in [2.75, 3.05) is 34.3 Å². The summed E-state index contributed by atoms with van der Waals surface area (Å²) in [6.45, 7) is 4.62. The first-order valence-corrected chi connectivity index (χ1v) is 10.7. The van der Waals surface area contributed by atoms with Gasteiger partial charge in [0.05, 0.1) is 30.4 Å². The second kappa shape index (κ2) is 9.95. The number of methoxy groups -OCH3 is 1. The van der Waals surface area contributed by atoms with Gasteiger partial charge in [0.25, 0.3) is 11.7 Å². The summed E-state index contributed by atoms with van der Waals surface area (Å²) < 4.78 is 10.9. The van der Waals surface area contributed by atoms with Gasteiger partial charge in [-0.2, -0.15) is 0 Å². The number of aliphatic hydroxyl groups excluding tert-OH is 1. The zero-order valence-corrected chi connectivity index (χ0v) is 19.5. The van der Waals surface area contributed by atoms with Crippen LogP contribution in [0.2, 0.25) is 0 Å². The number of likely N-dealkylation sites (N-methyl/N-ethyl adjacent to an activating group) is 1. The van der Waals surface area contributed by atoms with Gasteiger partial charge >= 0.3 is 0 Å². The number of phenolic OH excluding ortho intramolecular Hbond substituents is 1. The quantitative estimate of drug-likeness (QED) is 0.359. The molecule has 0 spiro atoms. The maximum atomic E-state index is 13.1. The highest BCUT2D eigenvalue weighted by molar-refractivity contribution is 6.46. The minimum absolute atomic E-state index is 0.0426. The van der Waals surface area contributed by atoms with Gasteiger partial charge < -0.3 is 29.5 Å². The number of aliphatic hydroxyl groups is 1. The van der Waals surface area contributed by atoms with E-state index in [2.05, 4.69) is 0 Å². The molecule has 1 atom stereocenters. The van der Waals surface area contributed by atoms with E-state index in [1.54, 1.807) is 30.3 Å². The van der Waals surface area contributed by atoms with Gasteiger partial charge in [0.2, 0.25) is 0 Å². The van der Waals surface area contributed by atoms with Crippen LogP contribution in [0.1, 0.15) is 31.0 Å². The minimum atomic E-state index is -0.831. The Labute approximate surface area is 193 Å². The summed E-state index contributed by atoms with van der Waals surface area (Å²) in [6, 6.07) is 10.6. The van der Waals surface area contributed by atoms with Crippen LogP contribution in [0, 0.1) is 0 Å². The molecule has 0 saturated carbocycles. The lowest BCUT2D eigenvalue weighted by atomic mass is 9.94. The number of likely N-dealkylation sites (tertiary alicyclic amines) is 1. The highest BCUT2D eigenvalue weighted by Gasteiger charge is 2.46. The number of amides is 1. The lowest BCUT2D eigenvalue weighted by Gasteiger charge is -2.27. The molecule has 2 N–H and O–H groups in total. The van der Waals surface area contributed by atoms with Crippen molar-refractivity contribution >= 4 is 17.4 Å². The maximum absolute atomic E-state index is 13.1. The Bertz CT molecular complexity index is 1080. The first-order valence-electron chi connectivity index (χ1n) is 10.7. The number of benzene rings is 2. The smallest absolute Gasteiger partial charge is 0.295 e. The van der Waals surface area contributed by atoms with Crippen molar-refractivity contribution in [1.82, 2.24) is 9.80 Å². The molecule has 1 saturated heterocycles. The molecule has 0 radical (unpaired) electrons. The summed E-state index contributed by atoms with van der Waals surface area (Å²) in [7, 11) is 5.20. The monoisotopic (exact) mass is 454 g/mol. The van der Waals surface area contributed by atoms with Crippen LogP contribution in [-0.2, 0) is 9.59 Å². The number of Topliss-reactive ketones (excluding diaryl/α,β-unsaturated/α-hetero) is 1. The number of ketones is 1. The Hall–Kier alpha value is -3.52. The number of carbonyl (C=O) groups is 2. The highest BCUT2D eigenvalue weighted by atomic mass is 16.5. The third kappa shape index (κ3) is 5.12. The lowest BCUT2D eigenvalue weighted by Crippen LogP contribution is -2.35. The molecule has 0 bridgehead atoms. The van der Waals surface area contributed by atoms with Crippen molar-refractivity contribution in [3.8, 4) is 17.2 Å². The van der Waals surface area contributed by atoms with E-state index in [0.717, 1.165) is 0 Å². The molecule has 8 nitrogen and oxygen atoms in total. The molecule has 33 heavy (non-hydrogen) atoms. The third-order valence-electron chi connectivity index (χ3n) is 5.33. The van der Waals surface area contributed by atoms with Gasteiger partial charge in [0, 0.05) is 19.2 Å². The molecule has 1 fully saturated rings. The minimum Gasteiger partial charge on any atom is -0.507 e. The topological polar surface area (TPSA) is 99.5 Å². The molecule has 8 heteroatoms. The highest BCUT2D eigenvalue weighted by Crippen LogP contribution is 2.41. The average Bonchev–Trinajstić information content (AvgIpc) is 3.01. The molecule has 0 aliphatic carbocycles. The summed E-state index contributed by atoms with van der Waals surface area (Å²) in [5.41, 5.74) is 0.586. The molecule has 176 valence electrons. The van der Waals surface area contributed by atoms with Gasteiger partial charge in [0.15, 0.2) is 0 Å². The molecule has 2 aromatic carbocycles. The average molecular weight is 455 g/mol. The number of nitrogens with zero attached hydrogens (tertiary/aromatic N) is 2. The van der Waals surface area contributed by atoms with Gasteiger partial charge in [-0.15, -0.1) is 0 Å². The molecule has 1 aliphatic rings. The number of aromatic hydroxyl groups is 1. The van der Waals surface area contributed by atoms with Gasteiger partial charge in [-0.1, -0.05) is 12.1 Å². The molecule has 3 rings (SSSR count). The van der Waals surface area contributed by atoms with Crippen molar-refractivity contribution in [3.05, 3.63) is 59.2 Å². The molecule has 2 aromatic rings. The van der Waals surface area contributed by atoms with Crippen LogP contribution >= 0.6 is 0 Å². The van der Waals surface area contributed by atoms with Crippen LogP contribution in [0.5, 0.6) is 17.2 Å². The largest absolute Gasteiger partial charge is 0.507 e. The molecular formula is C25H30N2O6. The summed E-state index contributed by atoms with van der Waals surface area (Å²) in [6.07, 6.45) is -0.0587. The summed E-state index contributed by atoms with van der Waals surface area (Å²) in [5, 5.41) is 21.6. The third-order valence-corrected chi connectivity index (χ3v) is 5.33. The molecular weight excluding hydrogens is 424 g/mol. The van der Waals surface area contributed by atoms with Crippen molar-refractivity contribution < 1.29 is 29.3 Å². The maximum Gasteiger partial charge on any atom is 0.295 e. The number of phenols is 1. The van der Waals surface area contributed by atoms with E-state index < -0.39 is 23.5 Å². The normalized spacial score (nSPS) is 17.8. The Morgan fingerprint density at radius 1 is 1.12 bits per heavy atom. The van der Waals surface area contributed by atoms with Gasteiger partial charge in [-0.25, -0.2) is 0 Å². The van der Waals surface area contributed by atoms with E-state index in [9.17, 15) is 19.8 Å². The lowest BCUT2D eigenvalue weighted by molar-refractivity contribution is -0.140. The summed E-state index contributed by atoms with van der Waals surface area (Å²) >= 11 is 0. The van der Waals surface area contributed by atoms with E-state index in [-0.39, 0.29) is 29.5 Å². The molecule has 1 amide bonds. The predicted molar refractivity (Wildman–Crippen MR) is 124 cm³/mol. The fourth-order valence-electron chi connectivity index (χ4n) is 3.78. The standard InChI is InChI=1S/C25H30N2O6/c1-15(2)33-18-8-6-7-16(13-18)22-21(24(30)25(31)27(22)12-11-26(3)4)23(29)19-10-9-17(32-5)14-20(19)28/h6-10,13-15,22,28-29H,11-12H2,1-5H3. The molecule has 1 heterocycles. The van der Waals surface area contributed by atoms with Gasteiger partial charge in [-0.05, 0) is 57.8 Å².